The molecule has 0 saturated carbocycles. The van der Waals surface area contributed by atoms with E-state index in [4.69, 9.17) is 5.73 Å². The molecule has 2 rings (SSSR count). The van der Waals surface area contributed by atoms with Gasteiger partial charge in [0, 0.05) is 23.9 Å². The predicted molar refractivity (Wildman–Crippen MR) is 73.3 cm³/mol. The molecule has 0 radical (unpaired) electrons. The van der Waals surface area contributed by atoms with Gasteiger partial charge in [-0.2, -0.15) is 0 Å². The second kappa shape index (κ2) is 5.14. The number of carbonyl (C=O) groups is 1. The number of nitrogens with two attached hydrogens (primary N) is 1. The van der Waals surface area contributed by atoms with Crippen molar-refractivity contribution in [2.75, 3.05) is 17.7 Å². The van der Waals surface area contributed by atoms with E-state index in [0.717, 1.165) is 0 Å². The van der Waals surface area contributed by atoms with Gasteiger partial charge in [0.05, 0.1) is 5.56 Å². The molecule has 0 spiro atoms. The third-order valence-electron chi connectivity index (χ3n) is 2.41. The highest BCUT2D eigenvalue weighted by molar-refractivity contribution is 9.10. The molecule has 5 nitrogen and oxygen atoms in total. The van der Waals surface area contributed by atoms with Crippen LogP contribution in [-0.4, -0.2) is 22.9 Å². The average molecular weight is 307 g/mol. The summed E-state index contributed by atoms with van der Waals surface area (Å²) in [6.45, 7) is 0. The number of aromatic nitrogens is 2. The fraction of sp³-hybridized carbons (Fsp3) is 0.0833. The van der Waals surface area contributed by atoms with E-state index in [9.17, 15) is 4.79 Å². The number of pyridine rings is 2. The van der Waals surface area contributed by atoms with Crippen molar-refractivity contribution in [1.29, 1.82) is 0 Å². The van der Waals surface area contributed by atoms with Crippen molar-refractivity contribution in [2.24, 2.45) is 0 Å². The number of carbonyl (C=O) groups excluding carboxylic acids is 1. The van der Waals surface area contributed by atoms with Crippen LogP contribution in [0.3, 0.4) is 0 Å². The van der Waals surface area contributed by atoms with E-state index in [1.807, 2.05) is 6.07 Å². The molecule has 18 heavy (non-hydrogen) atoms. The third-order valence-corrected chi connectivity index (χ3v) is 2.85. The first-order valence-corrected chi connectivity index (χ1v) is 5.99. The molecule has 0 fully saturated rings. The minimum absolute atomic E-state index is 0.200. The van der Waals surface area contributed by atoms with Gasteiger partial charge in [-0.15, -0.1) is 0 Å². The van der Waals surface area contributed by atoms with Crippen LogP contribution in [0.15, 0.2) is 41.1 Å². The number of hydrogen-bond donors (Lipinski definition) is 1. The Kier molecular flexibility index (Phi) is 3.57. The van der Waals surface area contributed by atoms with E-state index in [2.05, 4.69) is 25.9 Å². The van der Waals surface area contributed by atoms with Gasteiger partial charge in [0.2, 0.25) is 0 Å². The predicted octanol–water partition coefficient (Wildman–Crippen LogP) is 2.10. The van der Waals surface area contributed by atoms with E-state index < -0.39 is 0 Å². The van der Waals surface area contributed by atoms with E-state index in [-0.39, 0.29) is 11.7 Å². The molecular formula is C12H11BrN4O. The van der Waals surface area contributed by atoms with Crippen LogP contribution in [0.2, 0.25) is 0 Å². The van der Waals surface area contributed by atoms with Crippen molar-refractivity contribution in [2.45, 2.75) is 0 Å². The quantitative estimate of drug-likeness (QED) is 0.922. The van der Waals surface area contributed by atoms with Gasteiger partial charge in [-0.1, -0.05) is 6.07 Å². The summed E-state index contributed by atoms with van der Waals surface area (Å²) in [5.41, 5.74) is 6.05. The molecule has 0 aliphatic rings. The number of hydrogen-bond acceptors (Lipinski definition) is 4. The van der Waals surface area contributed by atoms with Gasteiger partial charge < -0.3 is 5.73 Å². The SMILES string of the molecule is CN(C(=O)c1cc(Br)cnc1N)c1ccccn1. The minimum Gasteiger partial charge on any atom is -0.383 e. The summed E-state index contributed by atoms with van der Waals surface area (Å²) >= 11 is 3.27. The van der Waals surface area contributed by atoms with Gasteiger partial charge in [0.1, 0.15) is 11.6 Å². The summed E-state index contributed by atoms with van der Waals surface area (Å²) < 4.78 is 0.703. The second-order valence-corrected chi connectivity index (χ2v) is 4.55. The Morgan fingerprint density at radius 3 is 2.83 bits per heavy atom. The maximum Gasteiger partial charge on any atom is 0.262 e. The standard InChI is InChI=1S/C12H11BrN4O/c1-17(10-4-2-3-5-15-10)12(18)9-6-8(13)7-16-11(9)14/h2-7H,1H3,(H2,14,16). The van der Waals surface area contributed by atoms with Crippen LogP contribution in [-0.2, 0) is 0 Å². The van der Waals surface area contributed by atoms with Crippen molar-refractivity contribution in [1.82, 2.24) is 9.97 Å². The zero-order chi connectivity index (χ0) is 13.1. The Labute approximate surface area is 113 Å². The second-order valence-electron chi connectivity index (χ2n) is 3.64. The number of anilines is 2. The number of nitrogens with zero attached hydrogens (tertiary/aromatic N) is 3. The molecule has 2 aromatic heterocycles. The highest BCUT2D eigenvalue weighted by Crippen LogP contribution is 2.19. The van der Waals surface area contributed by atoms with Gasteiger partial charge in [-0.25, -0.2) is 9.97 Å². The molecular weight excluding hydrogens is 296 g/mol. The molecule has 92 valence electrons. The summed E-state index contributed by atoms with van der Waals surface area (Å²) in [4.78, 5) is 21.7. The van der Waals surface area contributed by atoms with Crippen LogP contribution in [0.5, 0.6) is 0 Å². The van der Waals surface area contributed by atoms with Crippen LogP contribution < -0.4 is 10.6 Å². The Hall–Kier alpha value is -1.95. The molecule has 0 aliphatic carbocycles. The van der Waals surface area contributed by atoms with E-state index in [1.165, 1.54) is 4.90 Å². The average Bonchev–Trinajstić information content (AvgIpc) is 2.41. The van der Waals surface area contributed by atoms with Crippen LogP contribution in [0, 0.1) is 0 Å². The maximum atomic E-state index is 12.3. The minimum atomic E-state index is -0.250. The number of rotatable bonds is 2. The lowest BCUT2D eigenvalue weighted by Gasteiger charge is -2.16. The molecule has 0 bridgehead atoms. The highest BCUT2D eigenvalue weighted by Gasteiger charge is 2.17. The first-order chi connectivity index (χ1) is 8.59. The molecule has 2 aromatic rings. The van der Waals surface area contributed by atoms with Gasteiger partial charge in [-0.3, -0.25) is 9.69 Å². The molecule has 2 heterocycles. The maximum absolute atomic E-state index is 12.3. The first-order valence-electron chi connectivity index (χ1n) is 5.19. The fourth-order valence-corrected chi connectivity index (χ4v) is 1.79. The van der Waals surface area contributed by atoms with Crippen molar-refractivity contribution < 1.29 is 4.79 Å². The first kappa shape index (κ1) is 12.5. The molecule has 1 amide bonds. The van der Waals surface area contributed by atoms with Crippen LogP contribution in [0.4, 0.5) is 11.6 Å². The normalized spacial score (nSPS) is 10.1. The van der Waals surface area contributed by atoms with Gasteiger partial charge in [0.15, 0.2) is 0 Å². The van der Waals surface area contributed by atoms with Gasteiger partial charge >= 0.3 is 0 Å². The molecule has 6 heteroatoms. The lowest BCUT2D eigenvalue weighted by molar-refractivity contribution is 0.0993. The summed E-state index contributed by atoms with van der Waals surface area (Å²) in [5, 5.41) is 0. The molecule has 2 N–H and O–H groups in total. The van der Waals surface area contributed by atoms with Crippen LogP contribution in [0.1, 0.15) is 10.4 Å². The van der Waals surface area contributed by atoms with Crippen molar-refractivity contribution >= 4 is 33.5 Å². The summed E-state index contributed by atoms with van der Waals surface area (Å²) in [5.74, 6) is 0.507. The van der Waals surface area contributed by atoms with Crippen LogP contribution >= 0.6 is 15.9 Å². The van der Waals surface area contributed by atoms with Crippen LogP contribution in [0.25, 0.3) is 0 Å². The largest absolute Gasteiger partial charge is 0.383 e. The van der Waals surface area contributed by atoms with E-state index >= 15 is 0 Å². The topological polar surface area (TPSA) is 72.1 Å². The Morgan fingerprint density at radius 1 is 1.39 bits per heavy atom. The summed E-state index contributed by atoms with van der Waals surface area (Å²) in [7, 11) is 1.64. The lowest BCUT2D eigenvalue weighted by atomic mass is 10.2. The zero-order valence-electron chi connectivity index (χ0n) is 9.67. The lowest BCUT2D eigenvalue weighted by Crippen LogP contribution is -2.28. The number of amides is 1. The van der Waals surface area contributed by atoms with Gasteiger partial charge in [-0.05, 0) is 34.1 Å². The Morgan fingerprint density at radius 2 is 2.17 bits per heavy atom. The monoisotopic (exact) mass is 306 g/mol. The Balaban J connectivity index is 2.34. The molecule has 0 saturated heterocycles. The zero-order valence-corrected chi connectivity index (χ0v) is 11.3. The summed E-state index contributed by atoms with van der Waals surface area (Å²) in [6.07, 6.45) is 3.18. The van der Waals surface area contributed by atoms with Crippen molar-refractivity contribution in [3.8, 4) is 0 Å². The number of halogens is 1. The Bertz CT molecular complexity index is 574. The third kappa shape index (κ3) is 2.48. The fourth-order valence-electron chi connectivity index (χ4n) is 1.46. The van der Waals surface area contributed by atoms with Crippen molar-refractivity contribution in [3.05, 3.63) is 46.7 Å². The molecule has 0 atom stereocenters. The molecule has 0 unspecified atom stereocenters. The van der Waals surface area contributed by atoms with Gasteiger partial charge in [0.25, 0.3) is 5.91 Å². The van der Waals surface area contributed by atoms with E-state index in [1.54, 1.807) is 37.6 Å². The highest BCUT2D eigenvalue weighted by atomic mass is 79.9. The summed E-state index contributed by atoms with van der Waals surface area (Å²) in [6, 6.07) is 7.00. The molecule has 0 aliphatic heterocycles. The molecule has 0 aromatic carbocycles. The van der Waals surface area contributed by atoms with Crippen molar-refractivity contribution in [3.63, 3.8) is 0 Å². The van der Waals surface area contributed by atoms with E-state index in [0.29, 0.717) is 15.9 Å². The number of nitrogen functional groups attached to an aromatic ring is 1. The smallest absolute Gasteiger partial charge is 0.262 e.